The van der Waals surface area contributed by atoms with Gasteiger partial charge in [-0.15, -0.1) is 0 Å². The summed E-state index contributed by atoms with van der Waals surface area (Å²) in [4.78, 5) is 29.2. The van der Waals surface area contributed by atoms with Crippen LogP contribution in [0.5, 0.6) is 11.5 Å². The predicted molar refractivity (Wildman–Crippen MR) is 131 cm³/mol. The second-order valence-electron chi connectivity index (χ2n) is 7.08. The van der Waals surface area contributed by atoms with Gasteiger partial charge in [0.2, 0.25) is 0 Å². The summed E-state index contributed by atoms with van der Waals surface area (Å²) in [6, 6.07) is 8.80. The molecule has 3 aromatic rings. The molecule has 1 aromatic heterocycles. The lowest BCUT2D eigenvalue weighted by Gasteiger charge is -2.15. The molecule has 0 spiro atoms. The quantitative estimate of drug-likeness (QED) is 0.412. The number of carbonyl (C=O) groups is 1. The fourth-order valence-electron chi connectivity index (χ4n) is 3.03. The number of hydrogen-bond acceptors (Lipinski definition) is 6. The monoisotopic (exact) mass is 564 g/mol. The Morgan fingerprint density at radius 3 is 2.69 bits per heavy atom. The van der Waals surface area contributed by atoms with Crippen LogP contribution in [-0.2, 0) is 4.79 Å². The molecule has 1 amide bonds. The molecule has 1 atom stereocenters. The lowest BCUT2D eigenvalue weighted by Crippen LogP contribution is -2.24. The minimum atomic E-state index is -0.627. The Kier molecular flexibility index (Phi) is 7.68. The molecule has 32 heavy (non-hydrogen) atoms. The number of benzene rings is 2. The fourth-order valence-corrected chi connectivity index (χ4v) is 3.85. The highest BCUT2D eigenvalue weighted by atomic mass is 79.9. The summed E-state index contributed by atoms with van der Waals surface area (Å²) < 4.78 is 13.7. The van der Waals surface area contributed by atoms with Crippen molar-refractivity contribution in [1.29, 1.82) is 0 Å². The molecular formula is C22H22Br2N4O4. The highest BCUT2D eigenvalue weighted by Crippen LogP contribution is 2.34. The minimum Gasteiger partial charge on any atom is -0.493 e. The Hall–Kier alpha value is -2.72. The smallest absolute Gasteiger partial charge is 0.282 e. The van der Waals surface area contributed by atoms with E-state index >= 15 is 0 Å². The van der Waals surface area contributed by atoms with Gasteiger partial charge in [0.1, 0.15) is 5.82 Å². The first-order valence-corrected chi connectivity index (χ1v) is 11.4. The average Bonchev–Trinajstić information content (AvgIpc) is 2.76. The summed E-state index contributed by atoms with van der Waals surface area (Å²) >= 11 is 6.83. The number of aromatic nitrogens is 2. The Morgan fingerprint density at radius 2 is 2.03 bits per heavy atom. The van der Waals surface area contributed by atoms with E-state index in [2.05, 4.69) is 37.0 Å². The van der Waals surface area contributed by atoms with Gasteiger partial charge in [0.15, 0.2) is 18.1 Å². The van der Waals surface area contributed by atoms with E-state index in [4.69, 9.17) is 20.2 Å². The fraction of sp³-hybridized carbons (Fsp3) is 0.273. The number of rotatable bonds is 8. The van der Waals surface area contributed by atoms with E-state index in [9.17, 15) is 9.59 Å². The van der Waals surface area contributed by atoms with Gasteiger partial charge in [0, 0.05) is 20.4 Å². The van der Waals surface area contributed by atoms with Crippen LogP contribution in [0.4, 0.5) is 0 Å². The molecule has 0 bridgehead atoms. The summed E-state index contributed by atoms with van der Waals surface area (Å²) in [5, 5.41) is 4.90. The zero-order valence-electron chi connectivity index (χ0n) is 17.8. The van der Waals surface area contributed by atoms with Gasteiger partial charge in [-0.3, -0.25) is 9.59 Å². The number of halogens is 2. The Morgan fingerprint density at radius 1 is 1.28 bits per heavy atom. The van der Waals surface area contributed by atoms with E-state index in [0.717, 1.165) is 10.9 Å². The average molecular weight is 566 g/mol. The number of nitrogens with zero attached hydrogens (tertiary/aromatic N) is 3. The van der Waals surface area contributed by atoms with E-state index in [1.807, 2.05) is 19.9 Å². The van der Waals surface area contributed by atoms with Crippen molar-refractivity contribution >= 4 is 54.9 Å². The van der Waals surface area contributed by atoms with Crippen LogP contribution in [0.3, 0.4) is 0 Å². The molecule has 0 aliphatic carbocycles. The SMILES string of the molecule is CC[C@H](C)c1nc2ccc(Br)cc2c(=O)n1N=Cc1cc(Br)cc(OC)c1OCC(N)=O. The zero-order valence-corrected chi connectivity index (χ0v) is 20.9. The van der Waals surface area contributed by atoms with Crippen molar-refractivity contribution in [3.63, 3.8) is 0 Å². The van der Waals surface area contributed by atoms with E-state index in [-0.39, 0.29) is 23.8 Å². The van der Waals surface area contributed by atoms with Gasteiger partial charge in [-0.1, -0.05) is 45.7 Å². The third-order valence-electron chi connectivity index (χ3n) is 4.83. The standard InChI is InChI=1S/C22H22Br2N4O4/c1-4-12(2)21-27-17-6-5-14(23)8-16(17)22(30)28(21)26-10-13-7-15(24)9-18(31-3)20(13)32-11-19(25)29/h5-10,12H,4,11H2,1-3H3,(H2,25,29)/t12-/m0/s1. The predicted octanol–water partition coefficient (Wildman–Crippen LogP) is 4.19. The van der Waals surface area contributed by atoms with E-state index in [1.54, 1.807) is 24.3 Å². The molecule has 0 saturated carbocycles. The van der Waals surface area contributed by atoms with Gasteiger partial charge in [-0.25, -0.2) is 4.98 Å². The number of amides is 1. The molecule has 8 nitrogen and oxygen atoms in total. The van der Waals surface area contributed by atoms with E-state index in [1.165, 1.54) is 18.0 Å². The molecular weight excluding hydrogens is 544 g/mol. The van der Waals surface area contributed by atoms with Crippen LogP contribution < -0.4 is 20.8 Å². The topological polar surface area (TPSA) is 109 Å². The number of nitrogens with two attached hydrogens (primary N) is 1. The van der Waals surface area contributed by atoms with Gasteiger partial charge < -0.3 is 15.2 Å². The molecule has 0 saturated heterocycles. The zero-order chi connectivity index (χ0) is 23.4. The van der Waals surface area contributed by atoms with Crippen molar-refractivity contribution in [2.75, 3.05) is 13.7 Å². The third kappa shape index (κ3) is 5.18. The molecule has 1 heterocycles. The van der Waals surface area contributed by atoms with Gasteiger partial charge in [0.05, 0.1) is 24.2 Å². The maximum atomic E-state index is 13.3. The number of primary amides is 1. The largest absolute Gasteiger partial charge is 0.493 e. The maximum Gasteiger partial charge on any atom is 0.282 e. The molecule has 0 unspecified atom stereocenters. The Labute approximate surface area is 201 Å². The van der Waals surface area contributed by atoms with Crippen molar-refractivity contribution in [3.05, 3.63) is 61.0 Å². The molecule has 0 aliphatic heterocycles. The van der Waals surface area contributed by atoms with Crippen LogP contribution in [-0.4, -0.2) is 35.5 Å². The number of carbonyl (C=O) groups excluding carboxylic acids is 1. The molecule has 0 aliphatic rings. The van der Waals surface area contributed by atoms with Crippen LogP contribution in [0.1, 0.15) is 37.6 Å². The third-order valence-corrected chi connectivity index (χ3v) is 5.78. The summed E-state index contributed by atoms with van der Waals surface area (Å²) in [6.45, 7) is 3.68. The van der Waals surface area contributed by atoms with Crippen LogP contribution in [0.2, 0.25) is 0 Å². The van der Waals surface area contributed by atoms with Gasteiger partial charge >= 0.3 is 0 Å². The van der Waals surface area contributed by atoms with Crippen LogP contribution >= 0.6 is 31.9 Å². The summed E-state index contributed by atoms with van der Waals surface area (Å²) in [5.74, 6) is 0.586. The van der Waals surface area contributed by atoms with Crippen LogP contribution in [0.25, 0.3) is 10.9 Å². The number of hydrogen-bond donors (Lipinski definition) is 1. The number of methoxy groups -OCH3 is 1. The Balaban J connectivity index is 2.19. The van der Waals surface area contributed by atoms with Crippen molar-refractivity contribution < 1.29 is 14.3 Å². The number of fused-ring (bicyclic) bond motifs is 1. The van der Waals surface area contributed by atoms with Crippen molar-refractivity contribution in [2.45, 2.75) is 26.2 Å². The second-order valence-corrected chi connectivity index (χ2v) is 8.92. The highest BCUT2D eigenvalue weighted by molar-refractivity contribution is 9.10. The molecule has 2 aromatic carbocycles. The molecule has 2 N–H and O–H groups in total. The van der Waals surface area contributed by atoms with Crippen LogP contribution in [0, 0.1) is 0 Å². The van der Waals surface area contributed by atoms with Crippen LogP contribution in [0.15, 0.2) is 49.2 Å². The van der Waals surface area contributed by atoms with E-state index < -0.39 is 5.91 Å². The van der Waals surface area contributed by atoms with Gasteiger partial charge in [-0.2, -0.15) is 9.78 Å². The number of ether oxygens (including phenoxy) is 2. The minimum absolute atomic E-state index is 0.00414. The molecule has 0 radical (unpaired) electrons. The second kappa shape index (κ2) is 10.3. The lowest BCUT2D eigenvalue weighted by atomic mass is 10.1. The summed E-state index contributed by atoms with van der Waals surface area (Å²) in [5.41, 5.74) is 6.04. The first-order chi connectivity index (χ1) is 15.2. The lowest BCUT2D eigenvalue weighted by molar-refractivity contribution is -0.119. The van der Waals surface area contributed by atoms with Crippen molar-refractivity contribution in [3.8, 4) is 11.5 Å². The highest BCUT2D eigenvalue weighted by Gasteiger charge is 2.17. The normalized spacial score (nSPS) is 12.3. The van der Waals surface area contributed by atoms with Gasteiger partial charge in [0.25, 0.3) is 11.5 Å². The molecule has 10 heteroatoms. The maximum absolute atomic E-state index is 13.3. The van der Waals surface area contributed by atoms with Crippen molar-refractivity contribution in [2.24, 2.45) is 10.8 Å². The van der Waals surface area contributed by atoms with E-state index in [0.29, 0.717) is 32.5 Å². The molecule has 168 valence electrons. The molecule has 0 fully saturated rings. The van der Waals surface area contributed by atoms with Crippen molar-refractivity contribution in [1.82, 2.24) is 9.66 Å². The van der Waals surface area contributed by atoms with Gasteiger partial charge in [-0.05, 0) is 36.8 Å². The Bertz CT molecular complexity index is 1260. The summed E-state index contributed by atoms with van der Waals surface area (Å²) in [6.07, 6.45) is 2.25. The summed E-state index contributed by atoms with van der Waals surface area (Å²) in [7, 11) is 1.48. The molecule has 3 rings (SSSR count). The first-order valence-electron chi connectivity index (χ1n) is 9.80. The first kappa shape index (κ1) is 23.9.